The predicted octanol–water partition coefficient (Wildman–Crippen LogP) is 6.30. The number of benzene rings is 4. The molecule has 164 valence electrons. The summed E-state index contributed by atoms with van der Waals surface area (Å²) < 4.78 is 10.8. The quantitative estimate of drug-likeness (QED) is 0.148. The number of ether oxygens (including phenoxy) is 2. The molecule has 0 saturated heterocycles. The highest BCUT2D eigenvalue weighted by Crippen LogP contribution is 2.33. The highest BCUT2D eigenvalue weighted by molar-refractivity contribution is 5.96. The lowest BCUT2D eigenvalue weighted by molar-refractivity contribution is 0.0734. The van der Waals surface area contributed by atoms with Gasteiger partial charge < -0.3 is 9.47 Å². The summed E-state index contributed by atoms with van der Waals surface area (Å²) in [6, 6.07) is 32.3. The fraction of sp³-hybridized carbons (Fsp3) is 0.103. The van der Waals surface area contributed by atoms with Crippen molar-refractivity contribution in [2.75, 3.05) is 7.11 Å². The smallest absolute Gasteiger partial charge is 0.343 e. The highest BCUT2D eigenvalue weighted by Gasteiger charge is 2.17. The molecule has 0 saturated carbocycles. The van der Waals surface area contributed by atoms with Gasteiger partial charge in [0.05, 0.1) is 12.7 Å². The average molecular weight is 437 g/mol. The summed E-state index contributed by atoms with van der Waals surface area (Å²) in [5, 5.41) is 0. The number of carbonyl (C=O) groups excluding carboxylic acids is 2. The Bertz CT molecular complexity index is 1230. The second-order valence-electron chi connectivity index (χ2n) is 7.71. The van der Waals surface area contributed by atoms with Crippen molar-refractivity contribution in [3.63, 3.8) is 0 Å². The van der Waals surface area contributed by atoms with Crippen LogP contribution in [0.5, 0.6) is 11.5 Å². The van der Waals surface area contributed by atoms with Gasteiger partial charge in [-0.3, -0.25) is 4.79 Å². The van der Waals surface area contributed by atoms with E-state index in [9.17, 15) is 9.59 Å². The maximum absolute atomic E-state index is 12.5. The van der Waals surface area contributed by atoms with Crippen LogP contribution in [0, 0.1) is 0 Å². The summed E-state index contributed by atoms with van der Waals surface area (Å²) in [6.45, 7) is 1.49. The summed E-state index contributed by atoms with van der Waals surface area (Å²) in [5.41, 5.74) is 4.33. The van der Waals surface area contributed by atoms with Crippen LogP contribution >= 0.6 is 0 Å². The van der Waals surface area contributed by atoms with Crippen molar-refractivity contribution in [2.45, 2.75) is 12.8 Å². The maximum atomic E-state index is 12.5. The third-order valence-electron chi connectivity index (χ3n) is 5.53. The van der Waals surface area contributed by atoms with Crippen molar-refractivity contribution in [1.29, 1.82) is 0 Å². The fourth-order valence-corrected chi connectivity index (χ4v) is 3.75. The Kier molecular flexibility index (Phi) is 6.65. The van der Waals surface area contributed by atoms with Crippen LogP contribution in [0.4, 0.5) is 0 Å². The molecule has 4 aromatic carbocycles. The first kappa shape index (κ1) is 22.0. The van der Waals surface area contributed by atoms with Gasteiger partial charge in [-0.1, -0.05) is 66.7 Å². The van der Waals surface area contributed by atoms with Crippen molar-refractivity contribution in [3.05, 3.63) is 131 Å². The van der Waals surface area contributed by atoms with E-state index in [0.29, 0.717) is 16.9 Å². The van der Waals surface area contributed by atoms with Crippen LogP contribution in [0.3, 0.4) is 0 Å². The van der Waals surface area contributed by atoms with E-state index in [0.717, 1.165) is 22.4 Å². The first-order chi connectivity index (χ1) is 16.0. The van der Waals surface area contributed by atoms with E-state index in [4.69, 9.17) is 9.47 Å². The lowest BCUT2D eigenvalue weighted by Gasteiger charge is -2.19. The molecule has 0 spiro atoms. The molecule has 1 unspecified atom stereocenters. The minimum Gasteiger partial charge on any atom is -0.497 e. The van der Waals surface area contributed by atoms with Crippen molar-refractivity contribution in [2.24, 2.45) is 0 Å². The monoisotopic (exact) mass is 436 g/mol. The number of ketones is 1. The van der Waals surface area contributed by atoms with Gasteiger partial charge >= 0.3 is 5.97 Å². The minimum absolute atomic E-state index is 0.0287. The maximum Gasteiger partial charge on any atom is 0.343 e. The summed E-state index contributed by atoms with van der Waals surface area (Å²) in [7, 11) is 1.65. The molecular formula is C29H24O4. The molecule has 4 heteroatoms. The molecule has 0 amide bonds. The molecule has 0 fully saturated rings. The average Bonchev–Trinajstić information content (AvgIpc) is 2.86. The first-order valence-corrected chi connectivity index (χ1v) is 10.7. The van der Waals surface area contributed by atoms with Crippen LogP contribution < -0.4 is 9.47 Å². The van der Waals surface area contributed by atoms with Gasteiger partial charge in [-0.15, -0.1) is 0 Å². The second kappa shape index (κ2) is 9.96. The highest BCUT2D eigenvalue weighted by atomic mass is 16.5. The van der Waals surface area contributed by atoms with Gasteiger partial charge in [0.2, 0.25) is 0 Å². The summed E-state index contributed by atoms with van der Waals surface area (Å²) in [5.74, 6) is 0.786. The molecule has 0 aliphatic heterocycles. The number of rotatable bonds is 7. The Hall–Kier alpha value is -4.18. The number of carbonyl (C=O) groups is 2. The van der Waals surface area contributed by atoms with Crippen LogP contribution in [-0.2, 0) is 0 Å². The van der Waals surface area contributed by atoms with Gasteiger partial charge in [0.1, 0.15) is 11.5 Å². The fourth-order valence-electron chi connectivity index (χ4n) is 3.75. The van der Waals surface area contributed by atoms with Gasteiger partial charge in [0, 0.05) is 11.5 Å². The van der Waals surface area contributed by atoms with Gasteiger partial charge in [-0.05, 0) is 60.0 Å². The molecule has 0 N–H and O–H groups in total. The van der Waals surface area contributed by atoms with E-state index in [-0.39, 0.29) is 11.7 Å². The number of Topliss-reactive ketones (excluding diaryl/α,β-unsaturated/α-hetero) is 1. The van der Waals surface area contributed by atoms with Crippen LogP contribution in [-0.4, -0.2) is 18.9 Å². The van der Waals surface area contributed by atoms with E-state index in [1.54, 1.807) is 43.5 Å². The minimum atomic E-state index is -0.465. The Morgan fingerprint density at radius 3 is 1.61 bits per heavy atom. The zero-order valence-corrected chi connectivity index (χ0v) is 18.5. The summed E-state index contributed by atoms with van der Waals surface area (Å²) in [6.07, 6.45) is 0. The number of methoxy groups -OCH3 is 1. The molecular weight excluding hydrogens is 412 g/mol. The van der Waals surface area contributed by atoms with Crippen LogP contribution in [0.1, 0.15) is 50.2 Å². The van der Waals surface area contributed by atoms with Crippen LogP contribution in [0.25, 0.3) is 0 Å². The number of esters is 1. The van der Waals surface area contributed by atoms with E-state index >= 15 is 0 Å². The Labute approximate surface area is 193 Å². The Morgan fingerprint density at radius 1 is 0.606 bits per heavy atom. The molecule has 33 heavy (non-hydrogen) atoms. The summed E-state index contributed by atoms with van der Waals surface area (Å²) in [4.78, 5) is 23.9. The molecule has 4 nitrogen and oxygen atoms in total. The Balaban J connectivity index is 1.57. The number of hydrogen-bond acceptors (Lipinski definition) is 4. The lowest BCUT2D eigenvalue weighted by atomic mass is 9.85. The van der Waals surface area contributed by atoms with Crippen LogP contribution in [0.15, 0.2) is 103 Å². The first-order valence-electron chi connectivity index (χ1n) is 10.7. The van der Waals surface area contributed by atoms with Crippen molar-refractivity contribution < 1.29 is 19.1 Å². The largest absolute Gasteiger partial charge is 0.497 e. The zero-order valence-electron chi connectivity index (χ0n) is 18.5. The van der Waals surface area contributed by atoms with Crippen molar-refractivity contribution in [1.82, 2.24) is 0 Å². The normalized spacial score (nSPS) is 11.5. The van der Waals surface area contributed by atoms with Gasteiger partial charge in [-0.25, -0.2) is 4.79 Å². The van der Waals surface area contributed by atoms with Crippen LogP contribution in [0.2, 0.25) is 0 Å². The third kappa shape index (κ3) is 5.18. The molecule has 0 aliphatic carbocycles. The summed E-state index contributed by atoms with van der Waals surface area (Å²) >= 11 is 0. The molecule has 4 aromatic rings. The van der Waals surface area contributed by atoms with Crippen molar-refractivity contribution >= 4 is 11.8 Å². The molecule has 0 aromatic heterocycles. The zero-order chi connectivity index (χ0) is 23.2. The van der Waals surface area contributed by atoms with E-state index in [1.165, 1.54) is 6.92 Å². The SMILES string of the molecule is COc1ccc(C(c2ccccc2)c2ccc(OC(=O)c3ccc(C(C)=O)cc3)cc2)cc1. The van der Waals surface area contributed by atoms with Gasteiger partial charge in [0.15, 0.2) is 5.78 Å². The molecule has 0 heterocycles. The van der Waals surface area contributed by atoms with E-state index in [1.807, 2.05) is 42.5 Å². The van der Waals surface area contributed by atoms with E-state index in [2.05, 4.69) is 24.3 Å². The standard InChI is InChI=1S/C29H24O4/c1-20(30)21-8-10-25(11-9-21)29(31)33-27-18-14-24(15-19-27)28(22-6-4-3-5-7-22)23-12-16-26(32-2)17-13-23/h3-19,28H,1-2H3. The van der Waals surface area contributed by atoms with Gasteiger partial charge in [-0.2, -0.15) is 0 Å². The van der Waals surface area contributed by atoms with Crippen molar-refractivity contribution in [3.8, 4) is 11.5 Å². The van der Waals surface area contributed by atoms with E-state index < -0.39 is 5.97 Å². The molecule has 0 radical (unpaired) electrons. The molecule has 1 atom stereocenters. The number of hydrogen-bond donors (Lipinski definition) is 0. The lowest BCUT2D eigenvalue weighted by Crippen LogP contribution is -2.09. The topological polar surface area (TPSA) is 52.6 Å². The molecule has 0 aliphatic rings. The molecule has 4 rings (SSSR count). The van der Waals surface area contributed by atoms with Gasteiger partial charge in [0.25, 0.3) is 0 Å². The predicted molar refractivity (Wildman–Crippen MR) is 128 cm³/mol. The second-order valence-corrected chi connectivity index (χ2v) is 7.71. The Morgan fingerprint density at radius 2 is 1.09 bits per heavy atom. The third-order valence-corrected chi connectivity index (χ3v) is 5.53. The molecule has 0 bridgehead atoms.